The largest absolute Gasteiger partial charge is 0.493 e. The maximum absolute atomic E-state index is 13.9. The highest BCUT2D eigenvalue weighted by Crippen LogP contribution is 2.33. The van der Waals surface area contributed by atoms with Crippen LogP contribution in [0.1, 0.15) is 82.0 Å². The Morgan fingerprint density at radius 2 is 1.59 bits per heavy atom. The molecule has 1 amide bonds. The normalized spacial score (nSPS) is 22.3. The van der Waals surface area contributed by atoms with Gasteiger partial charge >= 0.3 is 0 Å². The molecule has 2 atom stereocenters. The number of hydrogen-bond donors (Lipinski definition) is 1. The van der Waals surface area contributed by atoms with E-state index in [9.17, 15) is 4.79 Å². The van der Waals surface area contributed by atoms with E-state index in [1.807, 2.05) is 18.2 Å². The molecule has 7 nitrogen and oxygen atoms in total. The summed E-state index contributed by atoms with van der Waals surface area (Å²) in [5.41, 5.74) is 0.655. The molecule has 0 aromatic heterocycles. The molecule has 0 bridgehead atoms. The smallest absolute Gasteiger partial charge is 0.254 e. The first kappa shape index (κ1) is 30.1. The Labute approximate surface area is 236 Å². The Hall–Kier alpha value is -1.83. The van der Waals surface area contributed by atoms with Gasteiger partial charge in [0.1, 0.15) is 0 Å². The van der Waals surface area contributed by atoms with Crippen molar-refractivity contribution in [3.8, 4) is 11.5 Å². The molecule has 0 radical (unpaired) electrons. The van der Waals surface area contributed by atoms with Gasteiger partial charge in [-0.1, -0.05) is 25.7 Å². The lowest BCUT2D eigenvalue weighted by Gasteiger charge is -2.38. The fourth-order valence-electron chi connectivity index (χ4n) is 6.98. The van der Waals surface area contributed by atoms with Crippen molar-refractivity contribution in [2.24, 2.45) is 17.8 Å². The number of rotatable bonds is 15. The highest BCUT2D eigenvalue weighted by Gasteiger charge is 2.37. The fourth-order valence-corrected chi connectivity index (χ4v) is 6.98. The first-order chi connectivity index (χ1) is 19.0. The zero-order chi connectivity index (χ0) is 27.6. The number of methoxy groups -OCH3 is 2. The molecule has 1 aromatic carbocycles. The summed E-state index contributed by atoms with van der Waals surface area (Å²) in [5.74, 6) is 3.45. The van der Waals surface area contributed by atoms with Crippen LogP contribution in [-0.4, -0.2) is 87.9 Å². The van der Waals surface area contributed by atoms with Crippen molar-refractivity contribution < 1.29 is 19.0 Å². The van der Waals surface area contributed by atoms with Crippen molar-refractivity contribution in [3.63, 3.8) is 0 Å². The maximum atomic E-state index is 13.9. The lowest BCUT2D eigenvalue weighted by atomic mass is 9.96. The third kappa shape index (κ3) is 8.34. The molecule has 7 heteroatoms. The Morgan fingerprint density at radius 3 is 2.18 bits per heavy atom. The summed E-state index contributed by atoms with van der Waals surface area (Å²) in [5, 5.41) is 3.71. The molecule has 1 N–H and O–H groups in total. The number of carbonyl (C=O) groups is 1. The predicted octanol–water partition coefficient (Wildman–Crippen LogP) is 5.23. The van der Waals surface area contributed by atoms with Gasteiger partial charge in [-0.15, -0.1) is 0 Å². The second-order valence-corrected chi connectivity index (χ2v) is 12.4. The first-order valence-electron chi connectivity index (χ1n) is 15.6. The van der Waals surface area contributed by atoms with Gasteiger partial charge in [0, 0.05) is 76.4 Å². The second kappa shape index (κ2) is 15.2. The Kier molecular flexibility index (Phi) is 11.8. The SMILES string of the molecule is COCCCOc1cc(C(=O)N(C[C@H]2CNC[C@@H]2N(CC2CCCC2)CC2CCCC2)C(C)C)ccc1OC. The van der Waals surface area contributed by atoms with E-state index in [0.29, 0.717) is 42.2 Å². The standard InChI is InChI=1S/C32H53N3O4/c1-24(2)35(32(36)27-14-15-30(38-4)31(18-27)39-17-9-16-37-3)23-28-19-33-20-29(28)34(21-25-10-5-6-11-25)22-26-12-7-8-13-26/h14-15,18,24-26,28-29,33H,5-13,16-17,19-23H2,1-4H3/t28-,29+/m1/s1. The summed E-state index contributed by atoms with van der Waals surface area (Å²) in [6.45, 7) is 10.7. The van der Waals surface area contributed by atoms with Crippen LogP contribution in [0, 0.1) is 17.8 Å². The summed E-state index contributed by atoms with van der Waals surface area (Å²) in [4.78, 5) is 18.8. The molecule has 2 aliphatic carbocycles. The predicted molar refractivity (Wildman–Crippen MR) is 157 cm³/mol. The van der Waals surface area contributed by atoms with E-state index in [4.69, 9.17) is 14.2 Å². The zero-order valence-electron chi connectivity index (χ0n) is 25.0. The molecule has 1 heterocycles. The van der Waals surface area contributed by atoms with Crippen LogP contribution in [0.5, 0.6) is 11.5 Å². The van der Waals surface area contributed by atoms with Gasteiger partial charge in [-0.3, -0.25) is 9.69 Å². The van der Waals surface area contributed by atoms with E-state index in [0.717, 1.165) is 37.9 Å². The maximum Gasteiger partial charge on any atom is 0.254 e. The van der Waals surface area contributed by atoms with Crippen LogP contribution in [0.25, 0.3) is 0 Å². The quantitative estimate of drug-likeness (QED) is 0.306. The summed E-state index contributed by atoms with van der Waals surface area (Å²) < 4.78 is 16.6. The Balaban J connectivity index is 1.46. The molecule has 1 saturated heterocycles. The monoisotopic (exact) mass is 543 g/mol. The average molecular weight is 544 g/mol. The molecule has 0 spiro atoms. The molecule has 2 saturated carbocycles. The summed E-state index contributed by atoms with van der Waals surface area (Å²) in [6, 6.07) is 6.18. The minimum Gasteiger partial charge on any atom is -0.493 e. The first-order valence-corrected chi connectivity index (χ1v) is 15.6. The Morgan fingerprint density at radius 1 is 0.923 bits per heavy atom. The zero-order valence-corrected chi connectivity index (χ0v) is 25.0. The van der Waals surface area contributed by atoms with Crippen molar-refractivity contribution in [2.45, 2.75) is 83.7 Å². The summed E-state index contributed by atoms with van der Waals surface area (Å²) in [7, 11) is 3.32. The van der Waals surface area contributed by atoms with Gasteiger partial charge in [-0.25, -0.2) is 0 Å². The lowest BCUT2D eigenvalue weighted by molar-refractivity contribution is 0.0603. The molecule has 220 valence electrons. The third-order valence-electron chi connectivity index (χ3n) is 9.18. The average Bonchev–Trinajstić information content (AvgIpc) is 3.72. The van der Waals surface area contributed by atoms with Crippen molar-refractivity contribution in [1.29, 1.82) is 0 Å². The van der Waals surface area contributed by atoms with Crippen LogP contribution >= 0.6 is 0 Å². The highest BCUT2D eigenvalue weighted by atomic mass is 16.5. The topological polar surface area (TPSA) is 63.3 Å². The minimum atomic E-state index is 0.0678. The van der Waals surface area contributed by atoms with E-state index < -0.39 is 0 Å². The fraction of sp³-hybridized carbons (Fsp3) is 0.781. The Bertz CT molecular complexity index is 864. The van der Waals surface area contributed by atoms with Gasteiger partial charge in [0.2, 0.25) is 0 Å². The molecule has 4 rings (SSSR count). The van der Waals surface area contributed by atoms with Gasteiger partial charge in [-0.2, -0.15) is 0 Å². The number of nitrogens with one attached hydrogen (secondary N) is 1. The van der Waals surface area contributed by atoms with Crippen LogP contribution in [0.15, 0.2) is 18.2 Å². The van der Waals surface area contributed by atoms with Gasteiger partial charge in [0.25, 0.3) is 5.91 Å². The van der Waals surface area contributed by atoms with Crippen molar-refractivity contribution >= 4 is 5.91 Å². The highest BCUT2D eigenvalue weighted by molar-refractivity contribution is 5.95. The van der Waals surface area contributed by atoms with E-state index >= 15 is 0 Å². The molecule has 3 fully saturated rings. The number of hydrogen-bond acceptors (Lipinski definition) is 6. The molecular weight excluding hydrogens is 490 g/mol. The number of benzene rings is 1. The van der Waals surface area contributed by atoms with E-state index in [1.54, 1.807) is 14.2 Å². The van der Waals surface area contributed by atoms with Crippen molar-refractivity contribution in [1.82, 2.24) is 15.1 Å². The number of carbonyl (C=O) groups excluding carboxylic acids is 1. The van der Waals surface area contributed by atoms with Crippen LogP contribution in [0.4, 0.5) is 0 Å². The second-order valence-electron chi connectivity index (χ2n) is 12.4. The number of amides is 1. The van der Waals surface area contributed by atoms with Crippen LogP contribution in [-0.2, 0) is 4.74 Å². The van der Waals surface area contributed by atoms with Gasteiger partial charge in [-0.05, 0) is 69.6 Å². The van der Waals surface area contributed by atoms with Crippen molar-refractivity contribution in [3.05, 3.63) is 23.8 Å². The van der Waals surface area contributed by atoms with Crippen LogP contribution in [0.3, 0.4) is 0 Å². The molecule has 3 aliphatic rings. The molecule has 0 unspecified atom stereocenters. The molecule has 1 aliphatic heterocycles. The van der Waals surface area contributed by atoms with Crippen molar-refractivity contribution in [2.75, 3.05) is 60.2 Å². The summed E-state index contributed by atoms with van der Waals surface area (Å²) in [6.07, 6.45) is 11.9. The third-order valence-corrected chi connectivity index (χ3v) is 9.18. The van der Waals surface area contributed by atoms with Crippen LogP contribution in [0.2, 0.25) is 0 Å². The van der Waals surface area contributed by atoms with Gasteiger partial charge < -0.3 is 24.4 Å². The van der Waals surface area contributed by atoms with E-state index in [2.05, 4.69) is 29.0 Å². The molecule has 39 heavy (non-hydrogen) atoms. The molecular formula is C32H53N3O4. The minimum absolute atomic E-state index is 0.0678. The van der Waals surface area contributed by atoms with Gasteiger partial charge in [0.15, 0.2) is 11.5 Å². The van der Waals surface area contributed by atoms with E-state index in [-0.39, 0.29) is 11.9 Å². The van der Waals surface area contributed by atoms with Crippen LogP contribution < -0.4 is 14.8 Å². The molecule has 1 aromatic rings. The van der Waals surface area contributed by atoms with E-state index in [1.165, 1.54) is 64.5 Å². The lowest BCUT2D eigenvalue weighted by Crippen LogP contribution is -2.49. The summed E-state index contributed by atoms with van der Waals surface area (Å²) >= 11 is 0. The van der Waals surface area contributed by atoms with Gasteiger partial charge in [0.05, 0.1) is 13.7 Å². The number of ether oxygens (including phenoxy) is 3. The number of nitrogens with zero attached hydrogens (tertiary/aromatic N) is 2.